The second kappa shape index (κ2) is 6.45. The summed E-state index contributed by atoms with van der Waals surface area (Å²) >= 11 is 0. The van der Waals surface area contributed by atoms with Crippen molar-refractivity contribution in [2.45, 2.75) is 0 Å². The Balaban J connectivity index is 1.59. The number of hydrogen-bond acceptors (Lipinski definition) is 3. The first-order valence-electron chi connectivity index (χ1n) is 7.01. The highest BCUT2D eigenvalue weighted by molar-refractivity contribution is 5.99. The van der Waals surface area contributed by atoms with E-state index in [1.165, 1.54) is 0 Å². The number of nitrogens with zero attached hydrogens (tertiary/aromatic N) is 1. The lowest BCUT2D eigenvalue weighted by Crippen LogP contribution is -2.33. The molecule has 3 N–H and O–H groups in total. The molecule has 1 aromatic heterocycles. The number of halogens is 2. The van der Waals surface area contributed by atoms with Gasteiger partial charge in [0.15, 0.2) is 0 Å². The van der Waals surface area contributed by atoms with Gasteiger partial charge in [-0.2, -0.15) is 0 Å². The van der Waals surface area contributed by atoms with Crippen molar-refractivity contribution in [3.05, 3.63) is 59.7 Å². The van der Waals surface area contributed by atoms with E-state index in [4.69, 9.17) is 0 Å². The Bertz CT molecular complexity index is 890. The van der Waals surface area contributed by atoms with Gasteiger partial charge in [0.25, 0.3) is 5.91 Å². The van der Waals surface area contributed by atoms with Crippen LogP contribution >= 0.6 is 0 Å². The SMILES string of the molecule is O=C(CNC(=O)c1ccc(F)cc1F)Nc1nc2ccccc2[nH]1. The maximum Gasteiger partial charge on any atom is 0.254 e. The van der Waals surface area contributed by atoms with Crippen LogP contribution in [-0.4, -0.2) is 28.3 Å². The van der Waals surface area contributed by atoms with Crippen molar-refractivity contribution in [3.63, 3.8) is 0 Å². The zero-order valence-corrected chi connectivity index (χ0v) is 12.3. The number of anilines is 1. The molecule has 0 saturated carbocycles. The van der Waals surface area contributed by atoms with Crippen LogP contribution in [0.5, 0.6) is 0 Å². The lowest BCUT2D eigenvalue weighted by molar-refractivity contribution is -0.115. The highest BCUT2D eigenvalue weighted by Crippen LogP contribution is 2.13. The van der Waals surface area contributed by atoms with E-state index in [9.17, 15) is 18.4 Å². The van der Waals surface area contributed by atoms with Crippen molar-refractivity contribution < 1.29 is 18.4 Å². The van der Waals surface area contributed by atoms with Crippen LogP contribution in [-0.2, 0) is 4.79 Å². The lowest BCUT2D eigenvalue weighted by Gasteiger charge is -2.06. The summed E-state index contributed by atoms with van der Waals surface area (Å²) in [5.74, 6) is -2.89. The Hall–Kier alpha value is -3.29. The number of amides is 2. The first-order valence-corrected chi connectivity index (χ1v) is 7.01. The summed E-state index contributed by atoms with van der Waals surface area (Å²) in [6.45, 7) is -0.382. The largest absolute Gasteiger partial charge is 0.343 e. The molecule has 8 heteroatoms. The van der Waals surface area contributed by atoms with Crippen LogP contribution in [0.25, 0.3) is 11.0 Å². The van der Waals surface area contributed by atoms with Crippen molar-refractivity contribution in [2.75, 3.05) is 11.9 Å². The number of imidazole rings is 1. The maximum atomic E-state index is 13.5. The molecule has 0 spiro atoms. The van der Waals surface area contributed by atoms with Gasteiger partial charge in [-0.3, -0.25) is 14.9 Å². The van der Waals surface area contributed by atoms with Crippen LogP contribution in [0.2, 0.25) is 0 Å². The summed E-state index contributed by atoms with van der Waals surface area (Å²) in [5.41, 5.74) is 1.10. The number of hydrogen-bond donors (Lipinski definition) is 3. The first kappa shape index (κ1) is 15.6. The number of nitrogens with one attached hydrogen (secondary N) is 3. The fourth-order valence-electron chi connectivity index (χ4n) is 2.12. The number of H-pyrrole nitrogens is 1. The van der Waals surface area contributed by atoms with E-state index < -0.39 is 23.4 Å². The molecule has 0 radical (unpaired) electrons. The molecule has 0 aliphatic rings. The van der Waals surface area contributed by atoms with Gasteiger partial charge < -0.3 is 10.3 Å². The molecule has 3 aromatic rings. The molecule has 2 aromatic carbocycles. The molecule has 0 fully saturated rings. The van der Waals surface area contributed by atoms with Crippen molar-refractivity contribution in [2.24, 2.45) is 0 Å². The molecule has 1 heterocycles. The molecule has 2 amide bonds. The molecule has 0 aliphatic heterocycles. The smallest absolute Gasteiger partial charge is 0.254 e. The number of aromatic amines is 1. The van der Waals surface area contributed by atoms with E-state index >= 15 is 0 Å². The Kier molecular flexibility index (Phi) is 4.19. The summed E-state index contributed by atoms with van der Waals surface area (Å²) in [7, 11) is 0. The number of fused-ring (bicyclic) bond motifs is 1. The monoisotopic (exact) mass is 330 g/mol. The Morgan fingerprint density at radius 1 is 1.12 bits per heavy atom. The molecule has 3 rings (SSSR count). The third kappa shape index (κ3) is 3.37. The third-order valence-electron chi connectivity index (χ3n) is 3.23. The van der Waals surface area contributed by atoms with Gasteiger partial charge in [0.05, 0.1) is 23.1 Å². The van der Waals surface area contributed by atoms with Gasteiger partial charge in [-0.25, -0.2) is 13.8 Å². The van der Waals surface area contributed by atoms with E-state index in [-0.39, 0.29) is 18.1 Å². The van der Waals surface area contributed by atoms with Gasteiger partial charge in [0.2, 0.25) is 11.9 Å². The van der Waals surface area contributed by atoms with Gasteiger partial charge in [-0.1, -0.05) is 12.1 Å². The zero-order chi connectivity index (χ0) is 17.1. The topological polar surface area (TPSA) is 86.9 Å². The van der Waals surface area contributed by atoms with Crippen LogP contribution in [0.15, 0.2) is 42.5 Å². The van der Waals surface area contributed by atoms with Gasteiger partial charge in [-0.05, 0) is 24.3 Å². The molecule has 0 bridgehead atoms. The summed E-state index contributed by atoms with van der Waals surface area (Å²) in [4.78, 5) is 30.7. The number of benzene rings is 2. The van der Waals surface area contributed by atoms with Crippen LogP contribution < -0.4 is 10.6 Å². The zero-order valence-electron chi connectivity index (χ0n) is 12.3. The minimum Gasteiger partial charge on any atom is -0.343 e. The molecule has 24 heavy (non-hydrogen) atoms. The van der Waals surface area contributed by atoms with E-state index in [0.717, 1.165) is 17.6 Å². The predicted octanol–water partition coefficient (Wildman–Crippen LogP) is 2.21. The van der Waals surface area contributed by atoms with Gasteiger partial charge in [0, 0.05) is 6.07 Å². The van der Waals surface area contributed by atoms with Crippen LogP contribution in [0.4, 0.5) is 14.7 Å². The molecule has 0 unspecified atom stereocenters. The Labute approximate surface area is 134 Å². The average Bonchev–Trinajstić information content (AvgIpc) is 2.94. The minimum atomic E-state index is -0.995. The predicted molar refractivity (Wildman–Crippen MR) is 83.4 cm³/mol. The number of carbonyl (C=O) groups is 2. The first-order chi connectivity index (χ1) is 11.5. The second-order valence-electron chi connectivity index (χ2n) is 4.96. The summed E-state index contributed by atoms with van der Waals surface area (Å²) in [6, 6.07) is 9.79. The molecule has 122 valence electrons. The summed E-state index contributed by atoms with van der Waals surface area (Å²) in [5, 5.41) is 4.75. The number of rotatable bonds is 4. The summed E-state index contributed by atoms with van der Waals surface area (Å²) < 4.78 is 26.3. The average molecular weight is 330 g/mol. The van der Waals surface area contributed by atoms with Gasteiger partial charge in [-0.15, -0.1) is 0 Å². The van der Waals surface area contributed by atoms with E-state index in [1.54, 1.807) is 12.1 Å². The van der Waals surface area contributed by atoms with E-state index in [1.807, 2.05) is 12.1 Å². The number of carbonyl (C=O) groups excluding carboxylic acids is 2. The van der Waals surface area contributed by atoms with Crippen LogP contribution in [0.3, 0.4) is 0 Å². The highest BCUT2D eigenvalue weighted by atomic mass is 19.1. The van der Waals surface area contributed by atoms with Crippen LogP contribution in [0, 0.1) is 11.6 Å². The van der Waals surface area contributed by atoms with Crippen molar-refractivity contribution in [1.82, 2.24) is 15.3 Å². The van der Waals surface area contributed by atoms with Crippen molar-refractivity contribution >= 4 is 28.8 Å². The van der Waals surface area contributed by atoms with Gasteiger partial charge >= 0.3 is 0 Å². The maximum absolute atomic E-state index is 13.5. The van der Waals surface area contributed by atoms with Gasteiger partial charge in [0.1, 0.15) is 11.6 Å². The summed E-state index contributed by atoms with van der Waals surface area (Å²) in [6.07, 6.45) is 0. The fourth-order valence-corrected chi connectivity index (χ4v) is 2.12. The Morgan fingerprint density at radius 3 is 2.67 bits per heavy atom. The van der Waals surface area contributed by atoms with E-state index in [2.05, 4.69) is 20.6 Å². The minimum absolute atomic E-state index is 0.239. The standard InChI is InChI=1S/C16H12F2N4O2/c17-9-5-6-10(11(18)7-9)15(24)19-8-14(23)22-16-20-12-3-1-2-4-13(12)21-16/h1-7H,8H2,(H,19,24)(H2,20,21,22,23). The molecule has 6 nitrogen and oxygen atoms in total. The Morgan fingerprint density at radius 2 is 1.92 bits per heavy atom. The fraction of sp³-hybridized carbons (Fsp3) is 0.0625. The molecule has 0 aliphatic carbocycles. The third-order valence-corrected chi connectivity index (χ3v) is 3.23. The molecule has 0 saturated heterocycles. The highest BCUT2D eigenvalue weighted by Gasteiger charge is 2.14. The van der Waals surface area contributed by atoms with Crippen molar-refractivity contribution in [3.8, 4) is 0 Å². The second-order valence-corrected chi connectivity index (χ2v) is 4.96. The van der Waals surface area contributed by atoms with Crippen LogP contribution in [0.1, 0.15) is 10.4 Å². The molecule has 0 atom stereocenters. The number of para-hydroxylation sites is 2. The molecular formula is C16H12F2N4O2. The lowest BCUT2D eigenvalue weighted by atomic mass is 10.2. The quantitative estimate of drug-likeness (QED) is 0.685. The van der Waals surface area contributed by atoms with E-state index in [0.29, 0.717) is 11.6 Å². The normalized spacial score (nSPS) is 10.6. The molecular weight excluding hydrogens is 318 g/mol. The van der Waals surface area contributed by atoms with Crippen molar-refractivity contribution in [1.29, 1.82) is 0 Å². The number of aromatic nitrogens is 2.